The number of halogens is 1. The maximum absolute atomic E-state index is 5.72. The number of hydrogen-bond donors (Lipinski definition) is 2. The highest BCUT2D eigenvalue weighted by atomic mass is 79.9. The minimum Gasteiger partial charge on any atom is -0.271 e. The van der Waals surface area contributed by atoms with Crippen LogP contribution in [-0.2, 0) is 0 Å². The van der Waals surface area contributed by atoms with E-state index in [9.17, 15) is 0 Å². The lowest BCUT2D eigenvalue weighted by molar-refractivity contribution is 0.337. The Morgan fingerprint density at radius 2 is 2.19 bits per heavy atom. The first-order chi connectivity index (χ1) is 7.49. The van der Waals surface area contributed by atoms with Crippen LogP contribution in [0.25, 0.3) is 0 Å². The van der Waals surface area contributed by atoms with Gasteiger partial charge < -0.3 is 0 Å². The summed E-state index contributed by atoms with van der Waals surface area (Å²) in [6, 6.07) is 0.520. The lowest BCUT2D eigenvalue weighted by Gasteiger charge is -2.25. The Hall–Kier alpha value is -0.390. The zero-order valence-corrected chi connectivity index (χ0v) is 11.6. The van der Waals surface area contributed by atoms with Gasteiger partial charge in [0.15, 0.2) is 0 Å². The average Bonchev–Trinajstić information content (AvgIpc) is 2.83. The van der Waals surface area contributed by atoms with Crippen LogP contribution in [0.5, 0.6) is 0 Å². The van der Waals surface area contributed by atoms with Crippen LogP contribution in [-0.4, -0.2) is 9.78 Å². The number of hydrazine groups is 1. The molecule has 4 nitrogen and oxygen atoms in total. The molecule has 0 aliphatic heterocycles. The van der Waals surface area contributed by atoms with Gasteiger partial charge in [-0.25, -0.2) is 0 Å². The van der Waals surface area contributed by atoms with E-state index in [0.717, 1.165) is 10.2 Å². The average molecular weight is 287 g/mol. The molecule has 1 saturated carbocycles. The molecule has 90 valence electrons. The van der Waals surface area contributed by atoms with Gasteiger partial charge in [-0.3, -0.25) is 16.0 Å². The second-order valence-electron chi connectivity index (χ2n) is 5.17. The Morgan fingerprint density at radius 1 is 1.56 bits per heavy atom. The molecular formula is C11H19BrN4. The van der Waals surface area contributed by atoms with Crippen molar-refractivity contribution in [2.75, 3.05) is 0 Å². The number of nitrogens with zero attached hydrogens (tertiary/aromatic N) is 2. The molecule has 0 bridgehead atoms. The van der Waals surface area contributed by atoms with E-state index in [-0.39, 0.29) is 11.5 Å². The smallest absolute Gasteiger partial charge is 0.0717 e. The van der Waals surface area contributed by atoms with Crippen LogP contribution in [0.15, 0.2) is 10.7 Å². The van der Waals surface area contributed by atoms with Crippen LogP contribution >= 0.6 is 15.9 Å². The predicted molar refractivity (Wildman–Crippen MR) is 67.7 cm³/mol. The monoisotopic (exact) mass is 286 g/mol. The molecule has 0 radical (unpaired) electrons. The standard InChI is InChI=1S/C11H19BrN4/c1-7(2)16-9(8(12)6-14-16)10(15-13)11(3)4-5-11/h6-7,10,15H,4-5,13H2,1-3H3. The van der Waals surface area contributed by atoms with E-state index >= 15 is 0 Å². The van der Waals surface area contributed by atoms with E-state index in [4.69, 9.17) is 5.84 Å². The quantitative estimate of drug-likeness (QED) is 0.661. The molecule has 1 aromatic heterocycles. The Bertz CT molecular complexity index is 381. The van der Waals surface area contributed by atoms with Crippen LogP contribution in [0, 0.1) is 5.41 Å². The molecule has 0 aromatic carbocycles. The summed E-state index contributed by atoms with van der Waals surface area (Å²) in [5.74, 6) is 5.72. The summed E-state index contributed by atoms with van der Waals surface area (Å²) in [5, 5.41) is 4.40. The fraction of sp³-hybridized carbons (Fsp3) is 0.727. The number of rotatable bonds is 4. The number of hydrogen-bond acceptors (Lipinski definition) is 3. The van der Waals surface area contributed by atoms with Crippen molar-refractivity contribution in [1.82, 2.24) is 15.2 Å². The molecule has 1 aliphatic carbocycles. The van der Waals surface area contributed by atoms with Gasteiger partial charge in [0.05, 0.1) is 22.4 Å². The zero-order valence-electron chi connectivity index (χ0n) is 10.00. The SMILES string of the molecule is CC(C)n1ncc(Br)c1C(NN)C1(C)CC1. The summed E-state index contributed by atoms with van der Waals surface area (Å²) in [6.45, 7) is 6.53. The van der Waals surface area contributed by atoms with E-state index < -0.39 is 0 Å². The number of nitrogens with two attached hydrogens (primary N) is 1. The third kappa shape index (κ3) is 1.92. The van der Waals surface area contributed by atoms with E-state index in [2.05, 4.69) is 47.2 Å². The van der Waals surface area contributed by atoms with Crippen molar-refractivity contribution in [3.05, 3.63) is 16.4 Å². The minimum atomic E-state index is 0.173. The highest BCUT2D eigenvalue weighted by Crippen LogP contribution is 2.55. The van der Waals surface area contributed by atoms with Crippen LogP contribution in [0.3, 0.4) is 0 Å². The molecule has 1 atom stereocenters. The second kappa shape index (κ2) is 4.13. The number of aromatic nitrogens is 2. The first-order valence-electron chi connectivity index (χ1n) is 5.68. The van der Waals surface area contributed by atoms with Crippen LogP contribution < -0.4 is 11.3 Å². The lowest BCUT2D eigenvalue weighted by Crippen LogP contribution is -2.35. The van der Waals surface area contributed by atoms with Gasteiger partial charge in [-0.05, 0) is 48.0 Å². The molecule has 0 spiro atoms. The molecule has 0 saturated heterocycles. The van der Waals surface area contributed by atoms with E-state index in [1.165, 1.54) is 12.8 Å². The van der Waals surface area contributed by atoms with Gasteiger partial charge in [-0.15, -0.1) is 0 Å². The topological polar surface area (TPSA) is 55.9 Å². The van der Waals surface area contributed by atoms with Crippen LogP contribution in [0.4, 0.5) is 0 Å². The van der Waals surface area contributed by atoms with Crippen LogP contribution in [0.1, 0.15) is 51.4 Å². The van der Waals surface area contributed by atoms with Gasteiger partial charge >= 0.3 is 0 Å². The largest absolute Gasteiger partial charge is 0.271 e. The second-order valence-corrected chi connectivity index (χ2v) is 6.02. The van der Waals surface area contributed by atoms with Crippen molar-refractivity contribution in [3.8, 4) is 0 Å². The molecule has 1 fully saturated rings. The summed E-state index contributed by atoms with van der Waals surface area (Å²) in [4.78, 5) is 0. The Kier molecular flexibility index (Phi) is 3.11. The van der Waals surface area contributed by atoms with Gasteiger partial charge in [0.2, 0.25) is 0 Å². The molecule has 16 heavy (non-hydrogen) atoms. The molecular weight excluding hydrogens is 268 g/mol. The lowest BCUT2D eigenvalue weighted by atomic mass is 9.96. The molecule has 1 unspecified atom stereocenters. The molecule has 1 aromatic rings. The Morgan fingerprint density at radius 3 is 2.62 bits per heavy atom. The van der Waals surface area contributed by atoms with Crippen molar-refractivity contribution in [2.24, 2.45) is 11.3 Å². The fourth-order valence-corrected chi connectivity index (χ4v) is 2.63. The van der Waals surface area contributed by atoms with Gasteiger partial charge in [0, 0.05) is 6.04 Å². The first kappa shape index (κ1) is 12.1. The summed E-state index contributed by atoms with van der Waals surface area (Å²) >= 11 is 3.57. The third-order valence-electron chi connectivity index (χ3n) is 3.45. The summed E-state index contributed by atoms with van der Waals surface area (Å²) in [6.07, 6.45) is 4.29. The van der Waals surface area contributed by atoms with Crippen molar-refractivity contribution < 1.29 is 0 Å². The molecule has 3 N–H and O–H groups in total. The van der Waals surface area contributed by atoms with E-state index in [0.29, 0.717) is 6.04 Å². The molecule has 1 aliphatic rings. The molecule has 0 amide bonds. The van der Waals surface area contributed by atoms with Gasteiger partial charge in [-0.1, -0.05) is 6.92 Å². The maximum atomic E-state index is 5.72. The van der Waals surface area contributed by atoms with Crippen molar-refractivity contribution >= 4 is 15.9 Å². The summed E-state index contributed by atoms with van der Waals surface area (Å²) in [7, 11) is 0. The zero-order chi connectivity index (χ0) is 11.9. The van der Waals surface area contributed by atoms with Crippen molar-refractivity contribution in [1.29, 1.82) is 0 Å². The third-order valence-corrected chi connectivity index (χ3v) is 4.06. The summed E-state index contributed by atoms with van der Waals surface area (Å²) < 4.78 is 3.08. The van der Waals surface area contributed by atoms with E-state index in [1.807, 2.05) is 10.9 Å². The highest BCUT2D eigenvalue weighted by Gasteiger charge is 2.47. The predicted octanol–water partition coefficient (Wildman–Crippen LogP) is 2.53. The first-order valence-corrected chi connectivity index (χ1v) is 6.48. The Balaban J connectivity index is 2.40. The highest BCUT2D eigenvalue weighted by molar-refractivity contribution is 9.10. The van der Waals surface area contributed by atoms with Gasteiger partial charge in [0.1, 0.15) is 0 Å². The van der Waals surface area contributed by atoms with Gasteiger partial charge in [-0.2, -0.15) is 5.10 Å². The molecule has 5 heteroatoms. The van der Waals surface area contributed by atoms with E-state index in [1.54, 1.807) is 0 Å². The van der Waals surface area contributed by atoms with Crippen LogP contribution in [0.2, 0.25) is 0 Å². The van der Waals surface area contributed by atoms with Gasteiger partial charge in [0.25, 0.3) is 0 Å². The molecule has 1 heterocycles. The van der Waals surface area contributed by atoms with Crippen molar-refractivity contribution in [3.63, 3.8) is 0 Å². The molecule has 2 rings (SSSR count). The minimum absolute atomic E-state index is 0.173. The summed E-state index contributed by atoms with van der Waals surface area (Å²) in [5.41, 5.74) is 4.40. The van der Waals surface area contributed by atoms with Crippen molar-refractivity contribution in [2.45, 2.75) is 45.7 Å². The fourth-order valence-electron chi connectivity index (χ4n) is 2.13. The number of nitrogens with one attached hydrogen (secondary N) is 1. The maximum Gasteiger partial charge on any atom is 0.0717 e. The normalized spacial score (nSPS) is 20.1. The Labute approximate surface area is 105 Å².